The van der Waals surface area contributed by atoms with Crippen LogP contribution in [0.2, 0.25) is 0 Å². The molecule has 2 aromatic heterocycles. The molecule has 90 valence electrons. The second-order valence-electron chi connectivity index (χ2n) is 4.28. The Labute approximate surface area is 98.3 Å². The fraction of sp³-hybridized carbons (Fsp3) is 0.455. The number of rotatable bonds is 3. The monoisotopic (exact) mass is 234 g/mol. The largest absolute Gasteiger partial charge is 0.332 e. The van der Waals surface area contributed by atoms with Crippen LogP contribution in [0.15, 0.2) is 21.5 Å². The lowest BCUT2D eigenvalue weighted by Crippen LogP contribution is -2.24. The second-order valence-corrected chi connectivity index (χ2v) is 4.28. The lowest BCUT2D eigenvalue weighted by molar-refractivity contribution is 0.418. The summed E-state index contributed by atoms with van der Waals surface area (Å²) in [5, 5.41) is 7.90. The molecule has 0 saturated heterocycles. The zero-order valence-electron chi connectivity index (χ0n) is 10.0. The highest BCUT2D eigenvalue weighted by molar-refractivity contribution is 5.44. The van der Waals surface area contributed by atoms with Gasteiger partial charge in [-0.3, -0.25) is 4.79 Å². The van der Waals surface area contributed by atoms with Gasteiger partial charge in [-0.05, 0) is 18.9 Å². The van der Waals surface area contributed by atoms with Crippen molar-refractivity contribution in [1.82, 2.24) is 19.9 Å². The Bertz CT molecular complexity index is 571. The minimum absolute atomic E-state index is 0.126. The minimum Gasteiger partial charge on any atom is -0.332 e. The summed E-state index contributed by atoms with van der Waals surface area (Å²) in [7, 11) is 0. The fourth-order valence-corrected chi connectivity index (χ4v) is 1.44. The Morgan fingerprint density at radius 1 is 1.41 bits per heavy atom. The van der Waals surface area contributed by atoms with Crippen LogP contribution in [0.5, 0.6) is 0 Å². The van der Waals surface area contributed by atoms with Crippen molar-refractivity contribution in [3.8, 4) is 11.6 Å². The third-order valence-corrected chi connectivity index (χ3v) is 2.15. The van der Waals surface area contributed by atoms with Crippen molar-refractivity contribution < 1.29 is 4.52 Å². The molecule has 2 aromatic rings. The van der Waals surface area contributed by atoms with Gasteiger partial charge in [-0.2, -0.15) is 10.1 Å². The third kappa shape index (κ3) is 2.58. The average Bonchev–Trinajstić information content (AvgIpc) is 2.67. The van der Waals surface area contributed by atoms with Gasteiger partial charge in [0.1, 0.15) is 5.69 Å². The number of nitrogens with zero attached hydrogens (tertiary/aromatic N) is 4. The lowest BCUT2D eigenvalue weighted by Gasteiger charge is -2.07. The first-order valence-corrected chi connectivity index (χ1v) is 5.45. The molecular weight excluding hydrogens is 220 g/mol. The van der Waals surface area contributed by atoms with E-state index >= 15 is 0 Å². The summed E-state index contributed by atoms with van der Waals surface area (Å²) in [6.45, 7) is 6.35. The van der Waals surface area contributed by atoms with E-state index < -0.39 is 0 Å². The SMILES string of the molecule is Cc1noc(-c2ccc(=O)n(CC(C)C)n2)n1. The van der Waals surface area contributed by atoms with E-state index in [1.165, 1.54) is 10.7 Å². The van der Waals surface area contributed by atoms with Gasteiger partial charge in [0.2, 0.25) is 0 Å². The van der Waals surface area contributed by atoms with Gasteiger partial charge in [0.05, 0.1) is 0 Å². The van der Waals surface area contributed by atoms with E-state index in [0.29, 0.717) is 29.9 Å². The number of hydrogen-bond donors (Lipinski definition) is 0. The average molecular weight is 234 g/mol. The van der Waals surface area contributed by atoms with Gasteiger partial charge in [0, 0.05) is 12.6 Å². The molecule has 0 bridgehead atoms. The smallest absolute Gasteiger partial charge is 0.278 e. The second kappa shape index (κ2) is 4.48. The fourth-order valence-electron chi connectivity index (χ4n) is 1.44. The van der Waals surface area contributed by atoms with Crippen LogP contribution in [0, 0.1) is 12.8 Å². The van der Waals surface area contributed by atoms with Crippen LogP contribution in [0.25, 0.3) is 11.6 Å². The molecule has 2 rings (SSSR count). The van der Waals surface area contributed by atoms with Gasteiger partial charge >= 0.3 is 0 Å². The van der Waals surface area contributed by atoms with Crippen LogP contribution in [0.4, 0.5) is 0 Å². The van der Waals surface area contributed by atoms with Crippen molar-refractivity contribution in [2.75, 3.05) is 0 Å². The van der Waals surface area contributed by atoms with Crippen LogP contribution in [-0.4, -0.2) is 19.9 Å². The molecule has 0 saturated carbocycles. The molecule has 0 spiro atoms. The summed E-state index contributed by atoms with van der Waals surface area (Å²) < 4.78 is 6.43. The molecule has 0 N–H and O–H groups in total. The standard InChI is InChI=1S/C11H14N4O2/c1-7(2)6-15-10(16)5-4-9(13-15)11-12-8(3)14-17-11/h4-5,7H,6H2,1-3H3. The van der Waals surface area contributed by atoms with Crippen LogP contribution in [0.3, 0.4) is 0 Å². The number of hydrogen-bond acceptors (Lipinski definition) is 5. The maximum absolute atomic E-state index is 11.6. The molecule has 0 aliphatic heterocycles. The molecule has 17 heavy (non-hydrogen) atoms. The number of aromatic nitrogens is 4. The molecule has 0 radical (unpaired) electrons. The molecule has 0 aliphatic rings. The molecule has 0 atom stereocenters. The van der Waals surface area contributed by atoms with Crippen LogP contribution < -0.4 is 5.56 Å². The van der Waals surface area contributed by atoms with E-state index in [1.54, 1.807) is 13.0 Å². The normalized spacial score (nSPS) is 11.1. The highest BCUT2D eigenvalue weighted by Gasteiger charge is 2.10. The molecule has 0 aliphatic carbocycles. The molecule has 2 heterocycles. The summed E-state index contributed by atoms with van der Waals surface area (Å²) in [6, 6.07) is 3.05. The Hall–Kier alpha value is -1.98. The highest BCUT2D eigenvalue weighted by atomic mass is 16.5. The first-order valence-electron chi connectivity index (χ1n) is 5.45. The van der Waals surface area contributed by atoms with Gasteiger partial charge in [-0.1, -0.05) is 19.0 Å². The van der Waals surface area contributed by atoms with Crippen molar-refractivity contribution >= 4 is 0 Å². The number of aryl methyl sites for hydroxylation is 1. The Kier molecular flexibility index (Phi) is 3.03. The summed E-state index contributed by atoms with van der Waals surface area (Å²) in [5.74, 6) is 1.23. The van der Waals surface area contributed by atoms with E-state index in [2.05, 4.69) is 15.2 Å². The maximum atomic E-state index is 11.6. The predicted molar refractivity (Wildman–Crippen MR) is 61.4 cm³/mol. The van der Waals surface area contributed by atoms with Gasteiger partial charge < -0.3 is 4.52 Å². The Morgan fingerprint density at radius 3 is 2.76 bits per heavy atom. The van der Waals surface area contributed by atoms with Gasteiger partial charge in [0.25, 0.3) is 11.4 Å². The molecule has 6 heteroatoms. The van der Waals surface area contributed by atoms with E-state index in [9.17, 15) is 4.79 Å². The zero-order chi connectivity index (χ0) is 12.4. The Balaban J connectivity index is 2.40. The van der Waals surface area contributed by atoms with Gasteiger partial charge in [0.15, 0.2) is 5.82 Å². The van der Waals surface area contributed by atoms with Crippen molar-refractivity contribution in [3.05, 3.63) is 28.3 Å². The predicted octanol–water partition coefficient (Wildman–Crippen LogP) is 1.26. The highest BCUT2D eigenvalue weighted by Crippen LogP contribution is 2.12. The van der Waals surface area contributed by atoms with Gasteiger partial charge in [-0.25, -0.2) is 4.68 Å². The topological polar surface area (TPSA) is 73.8 Å². The van der Waals surface area contributed by atoms with Crippen LogP contribution in [-0.2, 0) is 6.54 Å². The van der Waals surface area contributed by atoms with Crippen molar-refractivity contribution in [2.24, 2.45) is 5.92 Å². The van der Waals surface area contributed by atoms with Crippen molar-refractivity contribution in [1.29, 1.82) is 0 Å². The summed E-state index contributed by atoms with van der Waals surface area (Å²) in [6.07, 6.45) is 0. The van der Waals surface area contributed by atoms with Crippen LogP contribution >= 0.6 is 0 Å². The third-order valence-electron chi connectivity index (χ3n) is 2.15. The minimum atomic E-state index is -0.126. The van der Waals surface area contributed by atoms with E-state index in [0.717, 1.165) is 0 Å². The van der Waals surface area contributed by atoms with Crippen LogP contribution in [0.1, 0.15) is 19.7 Å². The maximum Gasteiger partial charge on any atom is 0.278 e. The molecule has 0 amide bonds. The first-order chi connectivity index (χ1) is 8.06. The molecule has 6 nitrogen and oxygen atoms in total. The lowest BCUT2D eigenvalue weighted by atomic mass is 10.2. The zero-order valence-corrected chi connectivity index (χ0v) is 10.0. The summed E-state index contributed by atoms with van der Waals surface area (Å²) in [5.41, 5.74) is 0.393. The molecular formula is C11H14N4O2. The van der Waals surface area contributed by atoms with E-state index in [-0.39, 0.29) is 5.56 Å². The van der Waals surface area contributed by atoms with E-state index in [1.807, 2.05) is 13.8 Å². The first kappa shape index (κ1) is 11.5. The molecule has 0 aromatic carbocycles. The van der Waals surface area contributed by atoms with Gasteiger partial charge in [-0.15, -0.1) is 0 Å². The van der Waals surface area contributed by atoms with E-state index in [4.69, 9.17) is 4.52 Å². The summed E-state index contributed by atoms with van der Waals surface area (Å²) in [4.78, 5) is 15.7. The summed E-state index contributed by atoms with van der Waals surface area (Å²) >= 11 is 0. The van der Waals surface area contributed by atoms with Crippen molar-refractivity contribution in [2.45, 2.75) is 27.3 Å². The Morgan fingerprint density at radius 2 is 2.18 bits per heavy atom. The van der Waals surface area contributed by atoms with Crippen molar-refractivity contribution in [3.63, 3.8) is 0 Å². The quantitative estimate of drug-likeness (QED) is 0.799. The molecule has 0 fully saturated rings. The molecule has 0 unspecified atom stereocenters.